The third-order valence-corrected chi connectivity index (χ3v) is 3.86. The Morgan fingerprint density at radius 1 is 1.15 bits per heavy atom. The molecule has 0 bridgehead atoms. The van der Waals surface area contributed by atoms with E-state index < -0.39 is 13.8 Å². The molecule has 0 fully saturated rings. The van der Waals surface area contributed by atoms with E-state index in [0.717, 1.165) is 0 Å². The van der Waals surface area contributed by atoms with E-state index in [1.165, 1.54) is 12.1 Å². The lowest BCUT2D eigenvalue weighted by Crippen LogP contribution is -2.23. The predicted octanol–water partition coefficient (Wildman–Crippen LogP) is 1.82. The first kappa shape index (κ1) is 10.8. The zero-order valence-electron chi connectivity index (χ0n) is 6.28. The number of hydrogen-bond donors (Lipinski definition) is 0. The summed E-state index contributed by atoms with van der Waals surface area (Å²) in [5.74, 6) is 0. The van der Waals surface area contributed by atoms with Crippen molar-refractivity contribution in [1.29, 1.82) is 0 Å². The Kier molecular flexibility index (Phi) is 2.87. The second-order valence-electron chi connectivity index (χ2n) is 2.34. The molecule has 1 aromatic rings. The van der Waals surface area contributed by atoms with Crippen molar-refractivity contribution in [2.75, 3.05) is 0 Å². The maximum atomic E-state index is 10.6. The monoisotopic (exact) mass is 239 g/mol. The average molecular weight is 240 g/mol. The van der Waals surface area contributed by atoms with Gasteiger partial charge in [0.15, 0.2) is 0 Å². The van der Waals surface area contributed by atoms with Crippen LogP contribution in [-0.4, -0.2) is 13.0 Å². The molecule has 13 heavy (non-hydrogen) atoms. The van der Waals surface area contributed by atoms with Crippen LogP contribution in [0.25, 0.3) is 0 Å². The minimum atomic E-state index is -4.77. The normalized spacial score (nSPS) is 12.8. The molecule has 0 N–H and O–H groups in total. The van der Waals surface area contributed by atoms with Gasteiger partial charge in [-0.2, -0.15) is 0 Å². The highest BCUT2D eigenvalue weighted by atomic mass is 35.5. The molecule has 72 valence electrons. The largest absolute Gasteiger partial charge is 0.745 e. The summed E-state index contributed by atoms with van der Waals surface area (Å²) in [6, 6.07) is 7.48. The van der Waals surface area contributed by atoms with Crippen LogP contribution in [0.2, 0.25) is 0 Å². The van der Waals surface area contributed by atoms with Crippen molar-refractivity contribution in [3.8, 4) is 0 Å². The van der Waals surface area contributed by atoms with Crippen LogP contribution >= 0.6 is 23.2 Å². The van der Waals surface area contributed by atoms with Crippen molar-refractivity contribution in [1.82, 2.24) is 0 Å². The topological polar surface area (TPSA) is 57.2 Å². The number of halogens is 2. The molecule has 0 unspecified atom stereocenters. The summed E-state index contributed by atoms with van der Waals surface area (Å²) in [4.78, 5) is 0. The second-order valence-corrected chi connectivity index (χ2v) is 5.63. The molecule has 0 saturated heterocycles. The molecule has 0 spiro atoms. The van der Waals surface area contributed by atoms with Gasteiger partial charge in [0.1, 0.15) is 10.1 Å². The highest BCUT2D eigenvalue weighted by Gasteiger charge is 2.34. The number of alkyl halides is 2. The first-order valence-corrected chi connectivity index (χ1v) is 5.41. The summed E-state index contributed by atoms with van der Waals surface area (Å²) in [5, 5.41) is 0. The molecule has 0 aliphatic carbocycles. The molecule has 1 rings (SSSR count). The standard InChI is InChI=1S/C7H6Cl2O3S/c8-7(9,13(10,11)12)6-4-2-1-3-5-6/h1-5H,(H,10,11,12)/p-1. The maximum Gasteiger partial charge on any atom is 0.231 e. The summed E-state index contributed by atoms with van der Waals surface area (Å²) in [6.45, 7) is 0. The molecule has 1 aromatic carbocycles. The minimum Gasteiger partial charge on any atom is -0.745 e. The van der Waals surface area contributed by atoms with Crippen LogP contribution in [0.3, 0.4) is 0 Å². The number of benzene rings is 1. The summed E-state index contributed by atoms with van der Waals surface area (Å²) >= 11 is 10.8. The molecule has 0 aliphatic heterocycles. The van der Waals surface area contributed by atoms with Gasteiger partial charge in [0.2, 0.25) is 3.67 Å². The van der Waals surface area contributed by atoms with Crippen molar-refractivity contribution in [3.63, 3.8) is 0 Å². The molecule has 0 heterocycles. The van der Waals surface area contributed by atoms with Gasteiger partial charge < -0.3 is 4.55 Å². The first-order valence-electron chi connectivity index (χ1n) is 3.24. The zero-order valence-corrected chi connectivity index (χ0v) is 8.60. The molecule has 0 saturated carbocycles. The van der Waals surface area contributed by atoms with Gasteiger partial charge in [0, 0.05) is 5.56 Å². The lowest BCUT2D eigenvalue weighted by Gasteiger charge is -2.23. The SMILES string of the molecule is O=S(=O)([O-])C(Cl)(Cl)c1ccccc1. The zero-order chi connectivity index (χ0) is 10.1. The van der Waals surface area contributed by atoms with Crippen LogP contribution < -0.4 is 0 Å². The van der Waals surface area contributed by atoms with E-state index in [2.05, 4.69) is 0 Å². The fourth-order valence-electron chi connectivity index (χ4n) is 0.777. The van der Waals surface area contributed by atoms with Gasteiger partial charge in [0.05, 0.1) is 0 Å². The van der Waals surface area contributed by atoms with Crippen LogP contribution in [0.4, 0.5) is 0 Å². The summed E-state index contributed by atoms with van der Waals surface area (Å²) in [5.41, 5.74) is 0.0494. The fourth-order valence-corrected chi connectivity index (χ4v) is 1.45. The van der Waals surface area contributed by atoms with E-state index in [4.69, 9.17) is 23.2 Å². The Morgan fingerprint density at radius 3 is 2.00 bits per heavy atom. The molecule has 6 heteroatoms. The van der Waals surface area contributed by atoms with Crippen LogP contribution in [0, 0.1) is 0 Å². The molecule has 0 aliphatic rings. The molecule has 0 atom stereocenters. The third kappa shape index (κ3) is 2.14. The van der Waals surface area contributed by atoms with E-state index in [0.29, 0.717) is 0 Å². The van der Waals surface area contributed by atoms with E-state index in [1.807, 2.05) is 0 Å². The van der Waals surface area contributed by atoms with Crippen LogP contribution in [0.1, 0.15) is 5.56 Å². The number of hydrogen-bond acceptors (Lipinski definition) is 3. The highest BCUT2D eigenvalue weighted by Crippen LogP contribution is 2.38. The predicted molar refractivity (Wildman–Crippen MR) is 49.5 cm³/mol. The number of rotatable bonds is 2. The van der Waals surface area contributed by atoms with E-state index >= 15 is 0 Å². The van der Waals surface area contributed by atoms with Gasteiger partial charge in [-0.15, -0.1) is 0 Å². The van der Waals surface area contributed by atoms with Crippen molar-refractivity contribution in [2.24, 2.45) is 0 Å². The minimum absolute atomic E-state index is 0.0494. The third-order valence-electron chi connectivity index (χ3n) is 1.42. The van der Waals surface area contributed by atoms with Gasteiger partial charge >= 0.3 is 0 Å². The molecule has 0 radical (unpaired) electrons. The first-order chi connectivity index (χ1) is 5.86. The molecular formula is C7H5Cl2O3S-. The van der Waals surface area contributed by atoms with Gasteiger partial charge in [0.25, 0.3) is 0 Å². The molecular weight excluding hydrogens is 235 g/mol. The lowest BCUT2D eigenvalue weighted by atomic mass is 10.2. The van der Waals surface area contributed by atoms with Crippen molar-refractivity contribution < 1.29 is 13.0 Å². The molecule has 0 aromatic heterocycles. The van der Waals surface area contributed by atoms with Gasteiger partial charge in [-0.05, 0) is 0 Å². The second kappa shape index (κ2) is 3.46. The Hall–Kier alpha value is -0.290. The highest BCUT2D eigenvalue weighted by molar-refractivity contribution is 7.89. The van der Waals surface area contributed by atoms with Crippen LogP contribution in [0.5, 0.6) is 0 Å². The van der Waals surface area contributed by atoms with Crippen molar-refractivity contribution >= 4 is 33.3 Å². The van der Waals surface area contributed by atoms with E-state index in [1.54, 1.807) is 18.2 Å². The van der Waals surface area contributed by atoms with Crippen LogP contribution in [0.15, 0.2) is 30.3 Å². The Bertz CT molecular complexity index is 385. The summed E-state index contributed by atoms with van der Waals surface area (Å²) in [7, 11) is -4.77. The lowest BCUT2D eigenvalue weighted by molar-refractivity contribution is 0.456. The summed E-state index contributed by atoms with van der Waals surface area (Å²) < 4.78 is 29.5. The van der Waals surface area contributed by atoms with Crippen molar-refractivity contribution in [2.45, 2.75) is 3.67 Å². The van der Waals surface area contributed by atoms with Gasteiger partial charge in [-0.25, -0.2) is 8.42 Å². The van der Waals surface area contributed by atoms with Gasteiger partial charge in [-0.3, -0.25) is 0 Å². The van der Waals surface area contributed by atoms with Crippen LogP contribution in [-0.2, 0) is 13.8 Å². The fraction of sp³-hybridized carbons (Fsp3) is 0.143. The summed E-state index contributed by atoms with van der Waals surface area (Å²) in [6.07, 6.45) is 0. The average Bonchev–Trinajstić information content (AvgIpc) is 2.04. The van der Waals surface area contributed by atoms with E-state index in [-0.39, 0.29) is 5.56 Å². The van der Waals surface area contributed by atoms with Crippen molar-refractivity contribution in [3.05, 3.63) is 35.9 Å². The van der Waals surface area contributed by atoms with E-state index in [9.17, 15) is 13.0 Å². The quantitative estimate of drug-likeness (QED) is 0.585. The molecule has 0 amide bonds. The Balaban J connectivity index is 3.24. The maximum absolute atomic E-state index is 10.6. The Morgan fingerprint density at radius 2 is 1.62 bits per heavy atom. The molecule has 3 nitrogen and oxygen atoms in total. The smallest absolute Gasteiger partial charge is 0.231 e. The Labute approximate surface area is 86.0 Å². The van der Waals surface area contributed by atoms with Gasteiger partial charge in [-0.1, -0.05) is 53.5 Å².